The Morgan fingerprint density at radius 1 is 1.17 bits per heavy atom. The van der Waals surface area contributed by atoms with Gasteiger partial charge in [-0.2, -0.15) is 5.26 Å². The average Bonchev–Trinajstić information content (AvgIpc) is 2.93. The lowest BCUT2D eigenvalue weighted by molar-refractivity contribution is 0.413. The van der Waals surface area contributed by atoms with Gasteiger partial charge in [-0.05, 0) is 48.6 Å². The SMILES string of the molecule is CN1c2c(C#N)cc(CCc3ccccc3)cc2[C@@H]2CNCC[C@@H]21. The van der Waals surface area contributed by atoms with Crippen LogP contribution in [0, 0.1) is 11.3 Å². The minimum Gasteiger partial charge on any atom is -0.370 e. The molecule has 1 fully saturated rings. The summed E-state index contributed by atoms with van der Waals surface area (Å²) in [5.41, 5.74) is 6.02. The zero-order valence-corrected chi connectivity index (χ0v) is 14.1. The van der Waals surface area contributed by atoms with Crippen LogP contribution in [-0.2, 0) is 12.8 Å². The van der Waals surface area contributed by atoms with Gasteiger partial charge in [0.25, 0.3) is 0 Å². The molecule has 24 heavy (non-hydrogen) atoms. The molecule has 2 aliphatic heterocycles. The predicted octanol–water partition coefficient (Wildman–Crippen LogP) is 3.24. The first kappa shape index (κ1) is 15.2. The van der Waals surface area contributed by atoms with E-state index in [0.717, 1.165) is 37.9 Å². The third kappa shape index (κ3) is 2.57. The molecule has 0 saturated carbocycles. The van der Waals surface area contributed by atoms with E-state index in [2.05, 4.69) is 65.8 Å². The largest absolute Gasteiger partial charge is 0.370 e. The quantitative estimate of drug-likeness (QED) is 0.944. The van der Waals surface area contributed by atoms with Gasteiger partial charge in [-0.3, -0.25) is 0 Å². The summed E-state index contributed by atoms with van der Waals surface area (Å²) in [6.45, 7) is 2.09. The molecule has 2 aromatic rings. The van der Waals surface area contributed by atoms with E-state index in [1.807, 2.05) is 0 Å². The van der Waals surface area contributed by atoms with Crippen molar-refractivity contribution in [1.82, 2.24) is 5.32 Å². The highest BCUT2D eigenvalue weighted by molar-refractivity contribution is 5.71. The second kappa shape index (κ2) is 6.30. The molecule has 0 aromatic heterocycles. The van der Waals surface area contributed by atoms with Crippen molar-refractivity contribution in [3.05, 3.63) is 64.7 Å². The number of piperidine rings is 1. The van der Waals surface area contributed by atoms with Crippen LogP contribution in [0.3, 0.4) is 0 Å². The standard InChI is InChI=1S/C21H23N3/c1-24-20-9-10-23-14-19(20)18-12-16(11-17(13-22)21(18)24)8-7-15-5-3-2-4-6-15/h2-6,11-12,19-20,23H,7-10,14H2,1H3/t19-,20-/m0/s1. The minimum atomic E-state index is 0.516. The van der Waals surface area contributed by atoms with Crippen LogP contribution < -0.4 is 10.2 Å². The molecular formula is C21H23N3. The number of likely N-dealkylation sites (N-methyl/N-ethyl adjacent to an activating group) is 1. The van der Waals surface area contributed by atoms with Crippen molar-refractivity contribution in [2.24, 2.45) is 0 Å². The number of hydrogen-bond donors (Lipinski definition) is 1. The maximum Gasteiger partial charge on any atom is 0.101 e. The number of nitriles is 1. The van der Waals surface area contributed by atoms with Crippen LogP contribution in [0.1, 0.15) is 34.6 Å². The fraction of sp³-hybridized carbons (Fsp3) is 0.381. The Bertz CT molecular complexity index is 776. The third-order valence-corrected chi connectivity index (χ3v) is 5.56. The first-order valence-electron chi connectivity index (χ1n) is 8.82. The zero-order chi connectivity index (χ0) is 16.5. The molecule has 2 heterocycles. The molecule has 122 valence electrons. The number of hydrogen-bond acceptors (Lipinski definition) is 3. The first-order chi connectivity index (χ1) is 11.8. The van der Waals surface area contributed by atoms with Gasteiger partial charge in [0, 0.05) is 25.6 Å². The maximum absolute atomic E-state index is 9.67. The summed E-state index contributed by atoms with van der Waals surface area (Å²) in [5, 5.41) is 13.2. The van der Waals surface area contributed by atoms with Crippen LogP contribution in [0.4, 0.5) is 5.69 Å². The molecule has 3 heteroatoms. The van der Waals surface area contributed by atoms with Gasteiger partial charge in [0.2, 0.25) is 0 Å². The monoisotopic (exact) mass is 317 g/mol. The van der Waals surface area contributed by atoms with Gasteiger partial charge in [0.1, 0.15) is 6.07 Å². The van der Waals surface area contributed by atoms with Gasteiger partial charge < -0.3 is 10.2 Å². The highest BCUT2D eigenvalue weighted by Gasteiger charge is 2.39. The smallest absolute Gasteiger partial charge is 0.101 e. The number of nitrogens with one attached hydrogen (secondary N) is 1. The van der Waals surface area contributed by atoms with Crippen LogP contribution in [0.25, 0.3) is 0 Å². The van der Waals surface area contributed by atoms with Crippen LogP contribution in [-0.4, -0.2) is 26.2 Å². The van der Waals surface area contributed by atoms with Crippen molar-refractivity contribution in [3.8, 4) is 6.07 Å². The van der Waals surface area contributed by atoms with Crippen LogP contribution in [0.2, 0.25) is 0 Å². The summed E-state index contributed by atoms with van der Waals surface area (Å²) >= 11 is 0. The second-order valence-corrected chi connectivity index (χ2v) is 6.96. The van der Waals surface area contributed by atoms with Crippen LogP contribution in [0.15, 0.2) is 42.5 Å². The van der Waals surface area contributed by atoms with Gasteiger partial charge in [-0.15, -0.1) is 0 Å². The summed E-state index contributed by atoms with van der Waals surface area (Å²) in [4.78, 5) is 2.35. The van der Waals surface area contributed by atoms with E-state index >= 15 is 0 Å². The lowest BCUT2D eigenvalue weighted by Gasteiger charge is -2.31. The molecule has 2 aliphatic rings. The van der Waals surface area contributed by atoms with E-state index in [4.69, 9.17) is 0 Å². The van der Waals surface area contributed by atoms with Crippen LogP contribution in [0.5, 0.6) is 0 Å². The Morgan fingerprint density at radius 3 is 2.75 bits per heavy atom. The Hall–Kier alpha value is -2.31. The van der Waals surface area contributed by atoms with Gasteiger partial charge >= 0.3 is 0 Å². The highest BCUT2D eigenvalue weighted by atomic mass is 15.2. The van der Waals surface area contributed by atoms with Crippen molar-refractivity contribution in [3.63, 3.8) is 0 Å². The molecule has 0 spiro atoms. The number of benzene rings is 2. The van der Waals surface area contributed by atoms with Gasteiger partial charge in [-0.1, -0.05) is 36.4 Å². The fourth-order valence-corrected chi connectivity index (χ4v) is 4.35. The summed E-state index contributed by atoms with van der Waals surface area (Å²) in [6.07, 6.45) is 3.16. The molecule has 4 rings (SSSR count). The van der Waals surface area contributed by atoms with E-state index < -0.39 is 0 Å². The topological polar surface area (TPSA) is 39.1 Å². The Morgan fingerprint density at radius 2 is 1.96 bits per heavy atom. The molecule has 2 atom stereocenters. The van der Waals surface area contributed by atoms with E-state index in [1.165, 1.54) is 22.4 Å². The van der Waals surface area contributed by atoms with Crippen molar-refractivity contribution in [2.45, 2.75) is 31.2 Å². The molecule has 0 aliphatic carbocycles. The molecule has 0 radical (unpaired) electrons. The summed E-state index contributed by atoms with van der Waals surface area (Å²) < 4.78 is 0. The van der Waals surface area contributed by atoms with E-state index in [1.54, 1.807) is 0 Å². The van der Waals surface area contributed by atoms with Gasteiger partial charge in [0.05, 0.1) is 11.3 Å². The third-order valence-electron chi connectivity index (χ3n) is 5.56. The molecule has 0 bridgehead atoms. The van der Waals surface area contributed by atoms with Crippen molar-refractivity contribution < 1.29 is 0 Å². The first-order valence-corrected chi connectivity index (χ1v) is 8.82. The highest BCUT2D eigenvalue weighted by Crippen LogP contribution is 2.44. The Balaban J connectivity index is 1.65. The zero-order valence-electron chi connectivity index (χ0n) is 14.1. The molecule has 0 amide bonds. The summed E-state index contributed by atoms with van der Waals surface area (Å²) in [5.74, 6) is 0.516. The number of aryl methyl sites for hydroxylation is 2. The number of fused-ring (bicyclic) bond motifs is 3. The maximum atomic E-state index is 9.67. The normalized spacial score (nSPS) is 21.9. The minimum absolute atomic E-state index is 0.516. The average molecular weight is 317 g/mol. The molecular weight excluding hydrogens is 294 g/mol. The molecule has 0 unspecified atom stereocenters. The lowest BCUT2D eigenvalue weighted by atomic mass is 9.88. The predicted molar refractivity (Wildman–Crippen MR) is 97.4 cm³/mol. The Labute approximate surface area is 143 Å². The lowest BCUT2D eigenvalue weighted by Crippen LogP contribution is -2.42. The number of anilines is 1. The fourth-order valence-electron chi connectivity index (χ4n) is 4.35. The molecule has 1 saturated heterocycles. The second-order valence-electron chi connectivity index (χ2n) is 6.96. The molecule has 3 nitrogen and oxygen atoms in total. The van der Waals surface area contributed by atoms with Crippen LogP contribution >= 0.6 is 0 Å². The summed E-state index contributed by atoms with van der Waals surface area (Å²) in [6, 6.07) is 18.0. The van der Waals surface area contributed by atoms with E-state index in [9.17, 15) is 5.26 Å². The van der Waals surface area contributed by atoms with Gasteiger partial charge in [0.15, 0.2) is 0 Å². The summed E-state index contributed by atoms with van der Waals surface area (Å²) in [7, 11) is 2.15. The number of rotatable bonds is 3. The van der Waals surface area contributed by atoms with E-state index in [0.29, 0.717) is 12.0 Å². The van der Waals surface area contributed by atoms with Crippen molar-refractivity contribution in [2.75, 3.05) is 25.0 Å². The molecule has 2 aromatic carbocycles. The van der Waals surface area contributed by atoms with Gasteiger partial charge in [-0.25, -0.2) is 0 Å². The van der Waals surface area contributed by atoms with Crippen molar-refractivity contribution >= 4 is 5.69 Å². The van der Waals surface area contributed by atoms with E-state index in [-0.39, 0.29) is 0 Å². The number of nitrogens with zero attached hydrogens (tertiary/aromatic N) is 2. The Kier molecular flexibility index (Phi) is 4.00. The van der Waals surface area contributed by atoms with Crippen molar-refractivity contribution in [1.29, 1.82) is 5.26 Å². The molecule has 1 N–H and O–H groups in total.